The lowest BCUT2D eigenvalue weighted by Gasteiger charge is -2.07. The maximum atomic E-state index is 12.5. The van der Waals surface area contributed by atoms with Crippen LogP contribution in [-0.4, -0.2) is 49.3 Å². The molecule has 0 fully saturated rings. The minimum atomic E-state index is -0.470. The van der Waals surface area contributed by atoms with Gasteiger partial charge < -0.3 is 14.6 Å². The molecule has 0 saturated heterocycles. The molecule has 0 unspecified atom stereocenters. The number of ether oxygens (including phenoxy) is 1. The van der Waals surface area contributed by atoms with Crippen molar-refractivity contribution in [3.8, 4) is 11.5 Å². The molecule has 0 aromatic carbocycles. The molecule has 0 spiro atoms. The van der Waals surface area contributed by atoms with Gasteiger partial charge in [-0.15, -0.1) is 21.5 Å². The fraction of sp³-hybridized carbons (Fsp3) is 0.389. The van der Waals surface area contributed by atoms with Gasteiger partial charge in [-0.3, -0.25) is 9.48 Å². The number of nitrogens with zero attached hydrogens (tertiary/aromatic N) is 5. The van der Waals surface area contributed by atoms with Crippen LogP contribution in [0.15, 0.2) is 11.4 Å². The third kappa shape index (κ3) is 4.37. The average Bonchev–Trinajstić information content (AvgIpc) is 3.34. The van der Waals surface area contributed by atoms with Crippen molar-refractivity contribution in [3.63, 3.8) is 0 Å². The second-order valence-corrected chi connectivity index (χ2v) is 8.94. The number of amides is 1. The molecular formula is C18H21ClN6O3S2. The zero-order valence-corrected chi connectivity index (χ0v) is 19.5. The highest BCUT2D eigenvalue weighted by atomic mass is 35.5. The maximum Gasteiger partial charge on any atom is 0.341 e. The summed E-state index contributed by atoms with van der Waals surface area (Å²) in [4.78, 5) is 25.5. The minimum absolute atomic E-state index is 0.102. The normalized spacial score (nSPS) is 11.0. The van der Waals surface area contributed by atoms with Crippen LogP contribution in [0, 0.1) is 13.8 Å². The molecule has 3 aromatic heterocycles. The van der Waals surface area contributed by atoms with Crippen LogP contribution >= 0.6 is 34.7 Å². The zero-order valence-electron chi connectivity index (χ0n) is 17.1. The molecule has 3 heterocycles. The van der Waals surface area contributed by atoms with Gasteiger partial charge in [-0.2, -0.15) is 5.10 Å². The molecule has 0 saturated carbocycles. The van der Waals surface area contributed by atoms with E-state index in [1.54, 1.807) is 17.9 Å². The molecule has 3 rings (SSSR count). The van der Waals surface area contributed by atoms with E-state index in [1.807, 2.05) is 25.3 Å². The average molecular weight is 469 g/mol. The number of rotatable bonds is 7. The van der Waals surface area contributed by atoms with Crippen LogP contribution < -0.4 is 5.32 Å². The quantitative estimate of drug-likeness (QED) is 0.417. The first-order valence-electron chi connectivity index (χ1n) is 9.00. The van der Waals surface area contributed by atoms with Crippen molar-refractivity contribution >= 4 is 51.6 Å². The summed E-state index contributed by atoms with van der Waals surface area (Å²) >= 11 is 8.82. The molecule has 1 N–H and O–H groups in total. The van der Waals surface area contributed by atoms with E-state index in [9.17, 15) is 9.59 Å². The number of thioether (sulfide) groups is 1. The number of methoxy groups -OCH3 is 1. The van der Waals surface area contributed by atoms with Gasteiger partial charge in [0.05, 0.1) is 23.4 Å². The minimum Gasteiger partial charge on any atom is -0.465 e. The van der Waals surface area contributed by atoms with Crippen molar-refractivity contribution < 1.29 is 14.3 Å². The summed E-state index contributed by atoms with van der Waals surface area (Å²) in [5.74, 6) is -0.0783. The van der Waals surface area contributed by atoms with Gasteiger partial charge in [-0.25, -0.2) is 4.79 Å². The lowest BCUT2D eigenvalue weighted by atomic mass is 10.1. The Morgan fingerprint density at radius 3 is 2.67 bits per heavy atom. The second kappa shape index (κ2) is 9.19. The number of nitrogens with one attached hydrogen (secondary N) is 1. The summed E-state index contributed by atoms with van der Waals surface area (Å²) in [6.07, 6.45) is 1.69. The summed E-state index contributed by atoms with van der Waals surface area (Å²) < 4.78 is 8.30. The van der Waals surface area contributed by atoms with E-state index < -0.39 is 5.97 Å². The van der Waals surface area contributed by atoms with Crippen molar-refractivity contribution in [3.05, 3.63) is 27.2 Å². The van der Waals surface area contributed by atoms with Crippen LogP contribution in [0.4, 0.5) is 5.00 Å². The highest BCUT2D eigenvalue weighted by Gasteiger charge is 2.23. The Balaban J connectivity index is 1.74. The van der Waals surface area contributed by atoms with Gasteiger partial charge in [-0.05, 0) is 26.3 Å². The number of thiophene rings is 1. The van der Waals surface area contributed by atoms with E-state index in [1.165, 1.54) is 30.2 Å². The standard InChI is InChI=1S/C18H21ClN6O3S2/c1-6-25-15(14-11(19)7-24(4)23-14)21-22-18(25)29-8-12(26)20-16-13(17(27)28-5)9(2)10(3)30-16/h7H,6,8H2,1-5H3,(H,20,26). The van der Waals surface area contributed by atoms with Crippen LogP contribution in [0.25, 0.3) is 11.5 Å². The van der Waals surface area contributed by atoms with E-state index in [0.29, 0.717) is 38.8 Å². The van der Waals surface area contributed by atoms with E-state index in [4.69, 9.17) is 16.3 Å². The zero-order chi connectivity index (χ0) is 22.0. The summed E-state index contributed by atoms with van der Waals surface area (Å²) in [6.45, 7) is 6.27. The number of anilines is 1. The molecular weight excluding hydrogens is 448 g/mol. The molecule has 0 aliphatic carbocycles. The molecule has 0 atom stereocenters. The van der Waals surface area contributed by atoms with Crippen LogP contribution in [0.3, 0.4) is 0 Å². The SMILES string of the molecule is CCn1c(SCC(=O)Nc2sc(C)c(C)c2C(=O)OC)nnc1-c1nn(C)cc1Cl. The van der Waals surface area contributed by atoms with Gasteiger partial charge >= 0.3 is 5.97 Å². The molecule has 30 heavy (non-hydrogen) atoms. The molecule has 0 radical (unpaired) electrons. The molecule has 3 aromatic rings. The smallest absolute Gasteiger partial charge is 0.341 e. The van der Waals surface area contributed by atoms with E-state index in [0.717, 1.165) is 10.4 Å². The Morgan fingerprint density at radius 2 is 2.07 bits per heavy atom. The first-order chi connectivity index (χ1) is 14.3. The molecule has 0 aliphatic rings. The number of esters is 1. The monoisotopic (exact) mass is 468 g/mol. The first kappa shape index (κ1) is 22.3. The summed E-state index contributed by atoms with van der Waals surface area (Å²) in [5.41, 5.74) is 1.73. The lowest BCUT2D eigenvalue weighted by molar-refractivity contribution is -0.113. The Labute approximate surface area is 186 Å². The Bertz CT molecular complexity index is 1100. The predicted octanol–water partition coefficient (Wildman–Crippen LogP) is 3.55. The molecule has 0 aliphatic heterocycles. The highest BCUT2D eigenvalue weighted by molar-refractivity contribution is 7.99. The number of carbonyl (C=O) groups is 2. The van der Waals surface area contributed by atoms with Gasteiger partial charge in [0.25, 0.3) is 0 Å². The molecule has 160 valence electrons. The van der Waals surface area contributed by atoms with Crippen LogP contribution in [-0.2, 0) is 23.1 Å². The molecule has 12 heteroatoms. The van der Waals surface area contributed by atoms with Gasteiger partial charge in [-0.1, -0.05) is 23.4 Å². The second-order valence-electron chi connectivity index (χ2n) is 6.37. The van der Waals surface area contributed by atoms with Crippen molar-refractivity contribution in [1.29, 1.82) is 0 Å². The first-order valence-corrected chi connectivity index (χ1v) is 11.2. The third-order valence-corrected chi connectivity index (χ3v) is 6.76. The van der Waals surface area contributed by atoms with Crippen molar-refractivity contribution in [1.82, 2.24) is 24.5 Å². The van der Waals surface area contributed by atoms with Crippen molar-refractivity contribution in [2.24, 2.45) is 7.05 Å². The highest BCUT2D eigenvalue weighted by Crippen LogP contribution is 2.33. The van der Waals surface area contributed by atoms with Crippen molar-refractivity contribution in [2.45, 2.75) is 32.5 Å². The fourth-order valence-corrected chi connectivity index (χ4v) is 4.95. The Kier molecular flexibility index (Phi) is 6.84. The van der Waals surface area contributed by atoms with Crippen molar-refractivity contribution in [2.75, 3.05) is 18.2 Å². The number of aryl methyl sites for hydroxylation is 2. The van der Waals surface area contributed by atoms with Crippen LogP contribution in [0.5, 0.6) is 0 Å². The predicted molar refractivity (Wildman–Crippen MR) is 117 cm³/mol. The van der Waals surface area contributed by atoms with Gasteiger partial charge in [0, 0.05) is 24.7 Å². The number of aromatic nitrogens is 5. The largest absolute Gasteiger partial charge is 0.465 e. The molecule has 9 nitrogen and oxygen atoms in total. The summed E-state index contributed by atoms with van der Waals surface area (Å²) in [7, 11) is 3.10. The molecule has 1 amide bonds. The summed E-state index contributed by atoms with van der Waals surface area (Å²) in [5, 5.41) is 17.1. The number of halogens is 1. The van der Waals surface area contributed by atoms with Gasteiger partial charge in [0.2, 0.25) is 5.91 Å². The van der Waals surface area contributed by atoms with Gasteiger partial charge in [0.15, 0.2) is 11.0 Å². The van der Waals surface area contributed by atoms with Gasteiger partial charge in [0.1, 0.15) is 10.7 Å². The lowest BCUT2D eigenvalue weighted by Crippen LogP contribution is -2.16. The van der Waals surface area contributed by atoms with Crippen LogP contribution in [0.1, 0.15) is 27.7 Å². The van der Waals surface area contributed by atoms with E-state index in [2.05, 4.69) is 20.6 Å². The maximum absolute atomic E-state index is 12.5. The topological polar surface area (TPSA) is 104 Å². The number of hydrogen-bond donors (Lipinski definition) is 1. The number of carbonyl (C=O) groups excluding carboxylic acids is 2. The fourth-order valence-electron chi connectivity index (χ4n) is 2.82. The summed E-state index contributed by atoms with van der Waals surface area (Å²) in [6, 6.07) is 0. The third-order valence-electron chi connectivity index (χ3n) is 4.39. The Morgan fingerprint density at radius 1 is 1.33 bits per heavy atom. The Hall–Kier alpha value is -2.37. The number of hydrogen-bond acceptors (Lipinski definition) is 8. The van der Waals surface area contributed by atoms with E-state index in [-0.39, 0.29) is 11.7 Å². The van der Waals surface area contributed by atoms with Crippen LogP contribution in [0.2, 0.25) is 5.02 Å². The molecule has 0 bridgehead atoms. The van der Waals surface area contributed by atoms with E-state index >= 15 is 0 Å².